The van der Waals surface area contributed by atoms with Crippen molar-refractivity contribution in [1.29, 1.82) is 0 Å². The molecule has 1 N–H and O–H groups in total. The maximum Gasteiger partial charge on any atom is 0.290 e. The van der Waals surface area contributed by atoms with Crippen LogP contribution in [0.3, 0.4) is 0 Å². The molecule has 0 saturated carbocycles. The molecule has 0 bridgehead atoms. The topological polar surface area (TPSA) is 83.0 Å². The van der Waals surface area contributed by atoms with Crippen LogP contribution in [0.15, 0.2) is 5.38 Å². The van der Waals surface area contributed by atoms with E-state index in [1.807, 2.05) is 11.8 Å². The smallest absolute Gasteiger partial charge is 0.290 e. The van der Waals surface area contributed by atoms with Gasteiger partial charge < -0.3 is 14.7 Å². The van der Waals surface area contributed by atoms with Gasteiger partial charge in [0.05, 0.1) is 18.6 Å². The fourth-order valence-corrected chi connectivity index (χ4v) is 4.66. The van der Waals surface area contributed by atoms with Gasteiger partial charge in [-0.1, -0.05) is 0 Å². The lowest BCUT2D eigenvalue weighted by molar-refractivity contribution is -0.137. The summed E-state index contributed by atoms with van der Waals surface area (Å²) in [5, 5.41) is 10.2. The van der Waals surface area contributed by atoms with Crippen molar-refractivity contribution in [2.45, 2.75) is 39.2 Å². The molecule has 2 aliphatic rings. The monoisotopic (exact) mass is 383 g/mol. The van der Waals surface area contributed by atoms with Gasteiger partial charge in [0.15, 0.2) is 0 Å². The van der Waals surface area contributed by atoms with E-state index in [0.717, 1.165) is 64.1 Å². The Morgan fingerprint density at radius 1 is 1.35 bits per heavy atom. The molecule has 2 saturated heterocycles. The predicted octanol–water partition coefficient (Wildman–Crippen LogP) is 2.00. The van der Waals surface area contributed by atoms with Gasteiger partial charge >= 0.3 is 0 Å². The number of ether oxygens (including phenoxy) is 1. The van der Waals surface area contributed by atoms with Crippen LogP contribution >= 0.6 is 11.3 Å². The van der Waals surface area contributed by atoms with E-state index in [2.05, 4.69) is 15.3 Å². The van der Waals surface area contributed by atoms with Crippen LogP contribution in [-0.4, -0.2) is 72.2 Å². The Labute approximate surface area is 159 Å². The lowest BCUT2D eigenvalue weighted by Crippen LogP contribution is -2.37. The van der Waals surface area contributed by atoms with Crippen molar-refractivity contribution in [1.82, 2.24) is 14.8 Å². The quantitative estimate of drug-likeness (QED) is 0.783. The molecule has 0 aliphatic carbocycles. The summed E-state index contributed by atoms with van der Waals surface area (Å²) in [7, 11) is 1.69. The summed E-state index contributed by atoms with van der Waals surface area (Å²) < 4.78 is 5.13. The van der Waals surface area contributed by atoms with Gasteiger partial charge in [0.1, 0.15) is 5.01 Å². The zero-order valence-corrected chi connectivity index (χ0v) is 16.5. The second-order valence-electron chi connectivity index (χ2n) is 6.93. The lowest BCUT2D eigenvalue weighted by atomic mass is 9.79. The van der Waals surface area contributed by atoms with Gasteiger partial charge in [0, 0.05) is 31.3 Å². The minimum atomic E-state index is -0.250. The number of thiazole rings is 1. The fourth-order valence-electron chi connectivity index (χ4n) is 3.85. The second-order valence-corrected chi connectivity index (χ2v) is 7.88. The van der Waals surface area contributed by atoms with Crippen molar-refractivity contribution in [3.63, 3.8) is 0 Å². The number of methoxy groups -OCH3 is 1. The average molecular weight is 384 g/mol. The Bertz CT molecular complexity index is 595. The molecule has 26 heavy (non-hydrogen) atoms. The van der Waals surface area contributed by atoms with Crippen molar-refractivity contribution in [3.8, 4) is 0 Å². The van der Waals surface area contributed by atoms with Crippen molar-refractivity contribution in [2.24, 2.45) is 5.41 Å². The Hall–Kier alpha value is -1.51. The summed E-state index contributed by atoms with van der Waals surface area (Å²) in [5.74, 6) is 0.362. The zero-order chi connectivity index (χ0) is 19.0. The van der Waals surface area contributed by atoms with E-state index in [0.29, 0.717) is 12.5 Å². The molecule has 2 aliphatic heterocycles. The van der Waals surface area contributed by atoms with Crippen molar-refractivity contribution < 1.29 is 19.4 Å². The highest BCUT2D eigenvalue weighted by molar-refractivity contribution is 7.09. The molecule has 0 aromatic carbocycles. The van der Waals surface area contributed by atoms with E-state index >= 15 is 0 Å². The Balaban J connectivity index is 0.000000758. The number of carbonyl (C=O) groups excluding carboxylic acids is 1. The van der Waals surface area contributed by atoms with Crippen LogP contribution in [0.2, 0.25) is 0 Å². The largest absolute Gasteiger partial charge is 0.483 e. The minimum Gasteiger partial charge on any atom is -0.483 e. The number of carboxylic acid groups (broad SMARTS) is 1. The number of amides is 1. The number of aromatic nitrogens is 1. The summed E-state index contributed by atoms with van der Waals surface area (Å²) in [6, 6.07) is 0. The molecular formula is C18H29N3O4S. The fraction of sp³-hybridized carbons (Fsp3) is 0.722. The Morgan fingerprint density at radius 2 is 2.08 bits per heavy atom. The number of rotatable bonds is 5. The molecule has 8 heteroatoms. The highest BCUT2D eigenvalue weighted by atomic mass is 32.1. The second kappa shape index (κ2) is 9.99. The van der Waals surface area contributed by atoms with Gasteiger partial charge in [-0.05, 0) is 45.7 Å². The Morgan fingerprint density at radius 3 is 2.73 bits per heavy atom. The normalized spacial score (nSPS) is 23.6. The summed E-state index contributed by atoms with van der Waals surface area (Å²) in [4.78, 5) is 30.3. The van der Waals surface area contributed by atoms with Gasteiger partial charge in [-0.15, -0.1) is 11.3 Å². The molecule has 1 spiro atoms. The molecule has 3 rings (SSSR count). The average Bonchev–Trinajstić information content (AvgIpc) is 3.07. The molecule has 1 aromatic rings. The molecule has 0 radical (unpaired) electrons. The van der Waals surface area contributed by atoms with Crippen LogP contribution in [0.4, 0.5) is 0 Å². The van der Waals surface area contributed by atoms with E-state index < -0.39 is 0 Å². The molecule has 1 unspecified atom stereocenters. The van der Waals surface area contributed by atoms with Crippen molar-refractivity contribution in [2.75, 3.05) is 39.9 Å². The van der Waals surface area contributed by atoms with Gasteiger partial charge in [0.2, 0.25) is 5.91 Å². The van der Waals surface area contributed by atoms with Gasteiger partial charge in [-0.2, -0.15) is 0 Å². The van der Waals surface area contributed by atoms with Crippen LogP contribution in [0.25, 0.3) is 0 Å². The highest BCUT2D eigenvalue weighted by Crippen LogP contribution is 2.41. The zero-order valence-electron chi connectivity index (χ0n) is 15.6. The van der Waals surface area contributed by atoms with Crippen molar-refractivity contribution >= 4 is 23.7 Å². The molecule has 1 aromatic heterocycles. The standard InChI is InChI=1S/C17H27N3O2S.CH2O2/c1-14-13-23-15(18-14)12-19-7-3-4-17(5-8-19)6-9-20(16(17)21)10-11-22-2;2-1-3/h13H,3-12H2,1-2H3;1H,(H,2,3). The summed E-state index contributed by atoms with van der Waals surface area (Å²) in [6.45, 7) is 7.07. The molecule has 1 amide bonds. The number of hydrogen-bond donors (Lipinski definition) is 1. The highest BCUT2D eigenvalue weighted by Gasteiger charge is 2.46. The molecule has 7 nitrogen and oxygen atoms in total. The first kappa shape index (κ1) is 20.8. The van der Waals surface area contributed by atoms with Crippen LogP contribution in [-0.2, 0) is 20.9 Å². The maximum absolute atomic E-state index is 12.9. The first-order valence-corrected chi connectivity index (χ1v) is 9.92. The van der Waals surface area contributed by atoms with Gasteiger partial charge in [-0.25, -0.2) is 4.98 Å². The van der Waals surface area contributed by atoms with Crippen LogP contribution in [0.1, 0.15) is 36.4 Å². The lowest BCUT2D eigenvalue weighted by Gasteiger charge is -2.26. The van der Waals surface area contributed by atoms with Crippen LogP contribution in [0.5, 0.6) is 0 Å². The number of aryl methyl sites for hydroxylation is 1. The van der Waals surface area contributed by atoms with E-state index in [4.69, 9.17) is 14.6 Å². The minimum absolute atomic E-state index is 0.110. The number of hydrogen-bond acceptors (Lipinski definition) is 6. The first-order chi connectivity index (χ1) is 12.5. The molecule has 2 fully saturated rings. The summed E-state index contributed by atoms with van der Waals surface area (Å²) in [6.07, 6.45) is 4.14. The maximum atomic E-state index is 12.9. The van der Waals surface area contributed by atoms with E-state index in [1.165, 1.54) is 5.01 Å². The third-order valence-corrected chi connectivity index (χ3v) is 6.18. The van der Waals surface area contributed by atoms with E-state index in [1.54, 1.807) is 18.4 Å². The Kier molecular flexibility index (Phi) is 7.99. The third kappa shape index (κ3) is 5.25. The van der Waals surface area contributed by atoms with E-state index in [9.17, 15) is 4.79 Å². The molecule has 3 heterocycles. The van der Waals surface area contributed by atoms with Gasteiger partial charge in [0.25, 0.3) is 6.47 Å². The SMILES string of the molecule is COCCN1CCC2(CCCN(Cc3nc(C)cs3)CC2)C1=O.O=CO. The van der Waals surface area contributed by atoms with Gasteiger partial charge in [-0.3, -0.25) is 14.5 Å². The summed E-state index contributed by atoms with van der Waals surface area (Å²) in [5.41, 5.74) is 0.998. The number of likely N-dealkylation sites (tertiary alicyclic amines) is 2. The van der Waals surface area contributed by atoms with Crippen LogP contribution in [0, 0.1) is 12.3 Å². The predicted molar refractivity (Wildman–Crippen MR) is 100 cm³/mol. The number of carbonyl (C=O) groups is 2. The molecular weight excluding hydrogens is 354 g/mol. The summed E-state index contributed by atoms with van der Waals surface area (Å²) >= 11 is 1.74. The third-order valence-electron chi connectivity index (χ3n) is 5.23. The first-order valence-electron chi connectivity index (χ1n) is 9.04. The van der Waals surface area contributed by atoms with Crippen molar-refractivity contribution in [3.05, 3.63) is 16.1 Å². The van der Waals surface area contributed by atoms with E-state index in [-0.39, 0.29) is 11.9 Å². The number of nitrogens with zero attached hydrogens (tertiary/aromatic N) is 3. The molecule has 1 atom stereocenters. The van der Waals surface area contributed by atoms with Crippen LogP contribution < -0.4 is 0 Å². The molecule has 146 valence electrons.